The molecule has 0 aromatic heterocycles. The number of hydrogen-bond acceptors (Lipinski definition) is 4. The molecule has 7 nitrogen and oxygen atoms in total. The Hall–Kier alpha value is -3.03. The van der Waals surface area contributed by atoms with E-state index in [1.165, 1.54) is 12.1 Å². The number of amides is 1. The fraction of sp³-hybridized carbons (Fsp3) is 0.150. The second-order valence-corrected chi connectivity index (χ2v) is 7.32. The van der Waals surface area contributed by atoms with Gasteiger partial charge in [-0.1, -0.05) is 35.3 Å². The number of benzene rings is 2. The van der Waals surface area contributed by atoms with Crippen molar-refractivity contribution in [1.82, 2.24) is 0 Å². The molecule has 2 aromatic carbocycles. The number of carboxylic acid groups (broad SMARTS) is 2. The lowest BCUT2D eigenvalue weighted by Crippen LogP contribution is -2.33. The quantitative estimate of drug-likeness (QED) is 0.530. The normalized spacial score (nSPS) is 16.6. The Bertz CT molecular complexity index is 1020. The lowest BCUT2D eigenvalue weighted by Gasteiger charge is -2.27. The van der Waals surface area contributed by atoms with Crippen LogP contribution in [-0.4, -0.2) is 34.1 Å². The molecule has 0 fully saturated rings. The molecule has 29 heavy (non-hydrogen) atoms. The van der Waals surface area contributed by atoms with Gasteiger partial charge in [0.2, 0.25) is 5.91 Å². The van der Waals surface area contributed by atoms with Crippen molar-refractivity contribution in [2.75, 3.05) is 10.6 Å². The van der Waals surface area contributed by atoms with E-state index >= 15 is 0 Å². The maximum absolute atomic E-state index is 12.5. The number of rotatable bonds is 5. The fourth-order valence-corrected chi connectivity index (χ4v) is 3.69. The summed E-state index contributed by atoms with van der Waals surface area (Å²) in [4.78, 5) is 34.7. The molecule has 1 unspecified atom stereocenters. The molecule has 9 heteroatoms. The van der Waals surface area contributed by atoms with Crippen LogP contribution in [0.2, 0.25) is 10.0 Å². The Balaban J connectivity index is 1.85. The minimum absolute atomic E-state index is 0.0641. The molecule has 150 valence electrons. The molecule has 3 rings (SSSR count). The van der Waals surface area contributed by atoms with Gasteiger partial charge < -0.3 is 20.8 Å². The van der Waals surface area contributed by atoms with Crippen LogP contribution >= 0.6 is 23.2 Å². The first-order chi connectivity index (χ1) is 13.7. The largest absolute Gasteiger partial charge is 0.481 e. The summed E-state index contributed by atoms with van der Waals surface area (Å²) in [6, 6.07) is 8.57. The summed E-state index contributed by atoms with van der Waals surface area (Å²) < 4.78 is 0. The summed E-state index contributed by atoms with van der Waals surface area (Å²) in [5.41, 5.74) is 2.52. The highest BCUT2D eigenvalue weighted by molar-refractivity contribution is 6.36. The van der Waals surface area contributed by atoms with E-state index in [1.807, 2.05) is 0 Å². The number of anilines is 2. The summed E-state index contributed by atoms with van der Waals surface area (Å²) in [6.07, 6.45) is 1.26. The third-order valence-corrected chi connectivity index (χ3v) is 4.83. The van der Waals surface area contributed by atoms with Gasteiger partial charge in [-0.05, 0) is 35.4 Å². The maximum atomic E-state index is 12.5. The lowest BCUT2D eigenvalue weighted by molar-refractivity contribution is -0.138. The average molecular weight is 435 g/mol. The zero-order valence-corrected chi connectivity index (χ0v) is 16.4. The molecule has 1 amide bonds. The van der Waals surface area contributed by atoms with E-state index in [0.717, 1.165) is 0 Å². The van der Waals surface area contributed by atoms with Crippen LogP contribution in [0.5, 0.6) is 0 Å². The Kier molecular flexibility index (Phi) is 6.10. The summed E-state index contributed by atoms with van der Waals surface area (Å²) in [6.45, 7) is 0. The lowest BCUT2D eigenvalue weighted by atomic mass is 9.92. The molecule has 0 radical (unpaired) electrons. The van der Waals surface area contributed by atoms with Gasteiger partial charge in [-0.3, -0.25) is 9.59 Å². The number of carbonyl (C=O) groups is 3. The second kappa shape index (κ2) is 8.55. The first kappa shape index (κ1) is 20.7. The maximum Gasteiger partial charge on any atom is 0.326 e. The summed E-state index contributed by atoms with van der Waals surface area (Å²) >= 11 is 12.3. The van der Waals surface area contributed by atoms with Gasteiger partial charge >= 0.3 is 11.9 Å². The van der Waals surface area contributed by atoms with E-state index in [1.54, 1.807) is 30.3 Å². The Morgan fingerprint density at radius 1 is 1.14 bits per heavy atom. The first-order valence-electron chi connectivity index (χ1n) is 8.54. The highest BCUT2D eigenvalue weighted by Gasteiger charge is 2.29. The molecule has 0 aliphatic carbocycles. The van der Waals surface area contributed by atoms with Crippen molar-refractivity contribution >= 4 is 58.0 Å². The zero-order valence-electron chi connectivity index (χ0n) is 14.9. The van der Waals surface area contributed by atoms with Crippen molar-refractivity contribution in [3.05, 3.63) is 63.6 Å². The van der Waals surface area contributed by atoms with Crippen molar-refractivity contribution in [1.29, 1.82) is 0 Å². The van der Waals surface area contributed by atoms with Crippen LogP contribution in [0.1, 0.15) is 17.5 Å². The first-order valence-corrected chi connectivity index (χ1v) is 9.29. The number of carbonyl (C=O) groups excluding carboxylic acids is 1. The Labute approximate surface area is 175 Å². The predicted molar refractivity (Wildman–Crippen MR) is 111 cm³/mol. The molecule has 1 aliphatic rings. The molecule has 1 aliphatic heterocycles. The number of hydrogen-bond donors (Lipinski definition) is 4. The zero-order chi connectivity index (χ0) is 21.1. The van der Waals surface area contributed by atoms with E-state index in [-0.39, 0.29) is 12.8 Å². The number of aliphatic carboxylic acids is 2. The van der Waals surface area contributed by atoms with Gasteiger partial charge in [0.25, 0.3) is 0 Å². The molecular weight excluding hydrogens is 419 g/mol. The Morgan fingerprint density at radius 2 is 1.83 bits per heavy atom. The molecule has 4 N–H and O–H groups in total. The smallest absolute Gasteiger partial charge is 0.326 e. The molecule has 0 saturated carbocycles. The molecule has 1 atom stereocenters. The van der Waals surface area contributed by atoms with Gasteiger partial charge in [0.1, 0.15) is 6.04 Å². The highest BCUT2D eigenvalue weighted by Crippen LogP contribution is 2.40. The minimum atomic E-state index is -1.06. The third-order valence-electron chi connectivity index (χ3n) is 4.31. The number of fused-ring (bicyclic) bond motifs is 1. The average Bonchev–Trinajstić information content (AvgIpc) is 2.61. The van der Waals surface area contributed by atoms with Crippen molar-refractivity contribution in [2.24, 2.45) is 0 Å². The van der Waals surface area contributed by atoms with Crippen LogP contribution in [0.25, 0.3) is 5.57 Å². The number of halogens is 2. The highest BCUT2D eigenvalue weighted by atomic mass is 35.5. The van der Waals surface area contributed by atoms with Gasteiger partial charge in [-0.2, -0.15) is 0 Å². The molecule has 2 aromatic rings. The summed E-state index contributed by atoms with van der Waals surface area (Å²) in [5, 5.41) is 24.4. The molecule has 0 saturated heterocycles. The monoisotopic (exact) mass is 434 g/mol. The minimum Gasteiger partial charge on any atom is -0.481 e. The van der Waals surface area contributed by atoms with Crippen molar-refractivity contribution in [3.63, 3.8) is 0 Å². The fourth-order valence-electron chi connectivity index (χ4n) is 3.07. The van der Waals surface area contributed by atoms with Gasteiger partial charge in [0.05, 0.1) is 11.4 Å². The predicted octanol–water partition coefficient (Wildman–Crippen LogP) is 3.91. The molecule has 0 spiro atoms. The van der Waals surface area contributed by atoms with Gasteiger partial charge in [-0.15, -0.1) is 0 Å². The second-order valence-electron chi connectivity index (χ2n) is 6.48. The van der Waals surface area contributed by atoms with Crippen LogP contribution in [0.3, 0.4) is 0 Å². The van der Waals surface area contributed by atoms with E-state index in [9.17, 15) is 19.5 Å². The van der Waals surface area contributed by atoms with Crippen LogP contribution < -0.4 is 10.6 Å². The topological polar surface area (TPSA) is 116 Å². The molecule has 1 heterocycles. The van der Waals surface area contributed by atoms with E-state index in [0.29, 0.717) is 38.1 Å². The van der Waals surface area contributed by atoms with E-state index in [2.05, 4.69) is 10.6 Å². The van der Waals surface area contributed by atoms with E-state index < -0.39 is 23.9 Å². The van der Waals surface area contributed by atoms with Crippen LogP contribution in [0.15, 0.2) is 42.5 Å². The standard InChI is InChI=1S/C20H16Cl2N2O5/c21-12-8-14(22)19-11(6-16(20(28)29)24-15(19)9-12)7-17(25)23-13-3-1-10(2-4-13)5-18(26)27/h1-4,7-9,16,24H,5-6H2,(H,23,25)(H,26,27)(H,28,29)/b11-7+. The molecule has 0 bridgehead atoms. The van der Waals surface area contributed by atoms with Gasteiger partial charge in [-0.25, -0.2) is 4.79 Å². The van der Waals surface area contributed by atoms with Gasteiger partial charge in [0.15, 0.2) is 0 Å². The molecular formula is C20H16Cl2N2O5. The van der Waals surface area contributed by atoms with Crippen molar-refractivity contribution < 1.29 is 24.6 Å². The van der Waals surface area contributed by atoms with Gasteiger partial charge in [0, 0.05) is 34.5 Å². The van der Waals surface area contributed by atoms with Crippen molar-refractivity contribution in [3.8, 4) is 0 Å². The summed E-state index contributed by atoms with van der Waals surface area (Å²) in [5.74, 6) is -2.47. The third kappa shape index (κ3) is 5.07. The van der Waals surface area contributed by atoms with Crippen LogP contribution in [-0.2, 0) is 20.8 Å². The SMILES string of the molecule is O=C(O)Cc1ccc(NC(=O)/C=C2\CC(C(=O)O)Nc3cc(Cl)cc(Cl)c32)cc1. The van der Waals surface area contributed by atoms with Crippen molar-refractivity contribution in [2.45, 2.75) is 18.9 Å². The summed E-state index contributed by atoms with van der Waals surface area (Å²) in [7, 11) is 0. The number of carboxylic acids is 2. The van der Waals surface area contributed by atoms with Crippen LogP contribution in [0, 0.1) is 0 Å². The van der Waals surface area contributed by atoms with Crippen LogP contribution in [0.4, 0.5) is 11.4 Å². The van der Waals surface area contributed by atoms with E-state index in [4.69, 9.17) is 28.3 Å². The number of nitrogens with one attached hydrogen (secondary N) is 2. The Morgan fingerprint density at radius 3 is 2.45 bits per heavy atom.